The van der Waals surface area contributed by atoms with Gasteiger partial charge in [-0.25, -0.2) is 0 Å². The van der Waals surface area contributed by atoms with Crippen LogP contribution >= 0.6 is 0 Å². The summed E-state index contributed by atoms with van der Waals surface area (Å²) >= 11 is 0. The van der Waals surface area contributed by atoms with Crippen LogP contribution in [0.5, 0.6) is 0 Å². The average molecular weight is 285 g/mol. The number of benzene rings is 1. The van der Waals surface area contributed by atoms with Crippen LogP contribution in [0.4, 0.5) is 0 Å². The Hall–Kier alpha value is -0.860. The van der Waals surface area contributed by atoms with Crippen molar-refractivity contribution in [3.63, 3.8) is 0 Å². The molecule has 1 aromatic rings. The lowest BCUT2D eigenvalue weighted by Gasteiger charge is -2.38. The number of hydrogen-bond acceptors (Lipinski definition) is 2. The number of hydrogen-bond donors (Lipinski definition) is 1. The van der Waals surface area contributed by atoms with E-state index >= 15 is 0 Å². The highest BCUT2D eigenvalue weighted by molar-refractivity contribution is 5.13. The van der Waals surface area contributed by atoms with Gasteiger partial charge in [-0.15, -0.1) is 0 Å². The summed E-state index contributed by atoms with van der Waals surface area (Å²) < 4.78 is 6.17. The third kappa shape index (κ3) is 3.02. The van der Waals surface area contributed by atoms with Crippen molar-refractivity contribution >= 4 is 0 Å². The third-order valence-electron chi connectivity index (χ3n) is 5.92. The summed E-state index contributed by atoms with van der Waals surface area (Å²) in [5, 5.41) is 3.79. The summed E-state index contributed by atoms with van der Waals surface area (Å²) in [4.78, 5) is 0. The van der Waals surface area contributed by atoms with Crippen molar-refractivity contribution in [2.45, 2.75) is 51.2 Å². The molecule has 3 fully saturated rings. The van der Waals surface area contributed by atoms with Gasteiger partial charge in [0.05, 0.1) is 13.2 Å². The Morgan fingerprint density at radius 3 is 2.62 bits per heavy atom. The molecule has 0 heterocycles. The van der Waals surface area contributed by atoms with Crippen molar-refractivity contribution in [2.75, 3.05) is 13.2 Å². The van der Waals surface area contributed by atoms with Gasteiger partial charge in [0.15, 0.2) is 0 Å². The van der Waals surface area contributed by atoms with Gasteiger partial charge in [-0.3, -0.25) is 0 Å². The van der Waals surface area contributed by atoms with Crippen molar-refractivity contribution < 1.29 is 4.74 Å². The van der Waals surface area contributed by atoms with Crippen LogP contribution in [0.25, 0.3) is 0 Å². The van der Waals surface area contributed by atoms with Gasteiger partial charge in [0.25, 0.3) is 0 Å². The minimum atomic E-state index is 0.431. The lowest BCUT2D eigenvalue weighted by atomic mass is 9.73. The number of nitrogens with one attached hydrogen (secondary N) is 1. The first-order valence-electron chi connectivity index (χ1n) is 8.69. The summed E-state index contributed by atoms with van der Waals surface area (Å²) in [6, 6.07) is 11.4. The van der Waals surface area contributed by atoms with Crippen LogP contribution in [0.2, 0.25) is 0 Å². The van der Waals surface area contributed by atoms with Crippen LogP contribution in [0.15, 0.2) is 30.3 Å². The molecule has 3 atom stereocenters. The summed E-state index contributed by atoms with van der Waals surface area (Å²) in [5.74, 6) is 1.89. The lowest BCUT2D eigenvalue weighted by molar-refractivity contribution is 0.000413. The quantitative estimate of drug-likeness (QED) is 0.823. The van der Waals surface area contributed by atoms with Gasteiger partial charge in [-0.2, -0.15) is 0 Å². The number of fused-ring (bicyclic) bond motifs is 2. The summed E-state index contributed by atoms with van der Waals surface area (Å²) in [5.41, 5.74) is 1.73. The second kappa shape index (κ2) is 5.73. The van der Waals surface area contributed by atoms with Gasteiger partial charge in [0.1, 0.15) is 0 Å². The van der Waals surface area contributed by atoms with E-state index in [2.05, 4.69) is 35.6 Å². The smallest absolute Gasteiger partial charge is 0.0717 e. The molecule has 3 saturated carbocycles. The van der Waals surface area contributed by atoms with E-state index in [0.717, 1.165) is 31.1 Å². The predicted molar refractivity (Wildman–Crippen MR) is 85.0 cm³/mol. The molecular formula is C19H27NO. The Bertz CT molecular complexity index is 470. The highest BCUT2D eigenvalue weighted by Crippen LogP contribution is 2.56. The molecular weight excluding hydrogens is 258 g/mol. The van der Waals surface area contributed by atoms with Crippen LogP contribution < -0.4 is 5.32 Å². The highest BCUT2D eigenvalue weighted by Gasteiger charge is 2.51. The maximum atomic E-state index is 6.17. The number of rotatable bonds is 7. The van der Waals surface area contributed by atoms with E-state index in [9.17, 15) is 0 Å². The van der Waals surface area contributed by atoms with Crippen LogP contribution in [0.1, 0.15) is 44.1 Å². The van der Waals surface area contributed by atoms with E-state index in [0.29, 0.717) is 5.41 Å². The molecule has 21 heavy (non-hydrogen) atoms. The maximum absolute atomic E-state index is 6.17. The molecule has 2 heteroatoms. The predicted octanol–water partition coefficient (Wildman–Crippen LogP) is 3.76. The molecule has 0 amide bonds. The first kappa shape index (κ1) is 13.8. The monoisotopic (exact) mass is 285 g/mol. The molecule has 0 radical (unpaired) electrons. The number of ether oxygens (including phenoxy) is 1. The molecule has 3 aliphatic rings. The normalized spacial score (nSPS) is 34.5. The van der Waals surface area contributed by atoms with Crippen molar-refractivity contribution in [1.82, 2.24) is 5.32 Å². The first-order valence-corrected chi connectivity index (χ1v) is 8.69. The van der Waals surface area contributed by atoms with Crippen LogP contribution in [0, 0.1) is 17.3 Å². The SMILES string of the molecule is c1ccc(COCC2(CNC3CC3)CC3CCC2C3)cc1. The fourth-order valence-corrected chi connectivity index (χ4v) is 4.58. The van der Waals surface area contributed by atoms with E-state index in [4.69, 9.17) is 4.74 Å². The fourth-order valence-electron chi connectivity index (χ4n) is 4.58. The Kier molecular flexibility index (Phi) is 3.76. The van der Waals surface area contributed by atoms with Gasteiger partial charge in [-0.1, -0.05) is 36.8 Å². The molecule has 4 rings (SSSR count). The topological polar surface area (TPSA) is 21.3 Å². The molecule has 1 aromatic carbocycles. The molecule has 0 aromatic heterocycles. The Morgan fingerprint density at radius 2 is 1.95 bits per heavy atom. The van der Waals surface area contributed by atoms with Crippen molar-refractivity contribution in [3.8, 4) is 0 Å². The molecule has 0 aliphatic heterocycles. The summed E-state index contributed by atoms with van der Waals surface area (Å²) in [6.45, 7) is 2.90. The van der Waals surface area contributed by atoms with Crippen LogP contribution in [0.3, 0.4) is 0 Å². The molecule has 114 valence electrons. The third-order valence-corrected chi connectivity index (χ3v) is 5.92. The average Bonchev–Trinajstić information content (AvgIpc) is 3.14. The zero-order valence-corrected chi connectivity index (χ0v) is 12.9. The van der Waals surface area contributed by atoms with Gasteiger partial charge in [0.2, 0.25) is 0 Å². The lowest BCUT2D eigenvalue weighted by Crippen LogP contribution is -2.43. The summed E-state index contributed by atoms with van der Waals surface area (Å²) in [7, 11) is 0. The van der Waals surface area contributed by atoms with Crippen LogP contribution in [-0.4, -0.2) is 19.2 Å². The van der Waals surface area contributed by atoms with E-state index in [1.54, 1.807) is 0 Å². The van der Waals surface area contributed by atoms with Gasteiger partial charge < -0.3 is 10.1 Å². The Balaban J connectivity index is 1.36. The van der Waals surface area contributed by atoms with Gasteiger partial charge in [0, 0.05) is 18.0 Å². The van der Waals surface area contributed by atoms with E-state index in [-0.39, 0.29) is 0 Å². The second-order valence-electron chi connectivity index (χ2n) is 7.58. The van der Waals surface area contributed by atoms with Crippen molar-refractivity contribution in [1.29, 1.82) is 0 Å². The van der Waals surface area contributed by atoms with E-state index in [1.807, 2.05) is 0 Å². The van der Waals surface area contributed by atoms with Gasteiger partial charge in [-0.05, 0) is 49.5 Å². The molecule has 2 nitrogen and oxygen atoms in total. The van der Waals surface area contributed by atoms with Crippen molar-refractivity contribution in [3.05, 3.63) is 35.9 Å². The van der Waals surface area contributed by atoms with Gasteiger partial charge >= 0.3 is 0 Å². The zero-order valence-electron chi connectivity index (χ0n) is 12.9. The second-order valence-corrected chi connectivity index (χ2v) is 7.58. The fraction of sp³-hybridized carbons (Fsp3) is 0.684. The van der Waals surface area contributed by atoms with E-state index in [1.165, 1.54) is 50.6 Å². The molecule has 2 bridgehead atoms. The van der Waals surface area contributed by atoms with Crippen molar-refractivity contribution in [2.24, 2.45) is 17.3 Å². The standard InChI is InChI=1S/C19H27NO/c1-2-4-15(5-3-1)12-21-14-19(13-20-18-8-9-18)11-16-6-7-17(19)10-16/h1-5,16-18,20H,6-14H2. The Morgan fingerprint density at radius 1 is 1.10 bits per heavy atom. The molecule has 3 unspecified atom stereocenters. The molecule has 0 spiro atoms. The first-order chi connectivity index (χ1) is 10.3. The van der Waals surface area contributed by atoms with E-state index < -0.39 is 0 Å². The Labute approximate surface area is 128 Å². The molecule has 1 N–H and O–H groups in total. The maximum Gasteiger partial charge on any atom is 0.0717 e. The molecule has 0 saturated heterocycles. The molecule has 3 aliphatic carbocycles. The van der Waals surface area contributed by atoms with Crippen LogP contribution in [-0.2, 0) is 11.3 Å². The zero-order chi connectivity index (χ0) is 14.1. The highest BCUT2D eigenvalue weighted by atomic mass is 16.5. The minimum Gasteiger partial charge on any atom is -0.376 e. The summed E-state index contributed by atoms with van der Waals surface area (Å²) in [6.07, 6.45) is 8.53. The largest absolute Gasteiger partial charge is 0.376 e. The minimum absolute atomic E-state index is 0.431.